The number of nitrogens with one attached hydrogen (secondary N) is 1. The molecule has 1 aliphatic rings. The van der Waals surface area contributed by atoms with E-state index in [1.807, 2.05) is 0 Å². The first-order chi connectivity index (χ1) is 13.4. The molecule has 11 heteroatoms. The van der Waals surface area contributed by atoms with Gasteiger partial charge in [-0.15, -0.1) is 0 Å². The molecule has 7 nitrogen and oxygen atoms in total. The fraction of sp³-hybridized carbons (Fsp3) is 0.556. The number of alkyl halides is 3. The molecule has 0 bridgehead atoms. The molecule has 0 aromatic heterocycles. The number of hydrogen-bond donors (Lipinski definition) is 1. The Hall–Kier alpha value is -2.14. The van der Waals surface area contributed by atoms with E-state index in [1.54, 1.807) is 12.2 Å². The number of ether oxygens (including phenoxy) is 1. The summed E-state index contributed by atoms with van der Waals surface area (Å²) < 4.78 is 68.6. The number of halogens is 3. The molecular formula is C18H23F3N2O5S. The molecule has 0 radical (unpaired) electrons. The number of esters is 1. The predicted molar refractivity (Wildman–Crippen MR) is 97.7 cm³/mol. The Morgan fingerprint density at radius 1 is 1.21 bits per heavy atom. The van der Waals surface area contributed by atoms with Crippen LogP contribution in [0.2, 0.25) is 0 Å². The van der Waals surface area contributed by atoms with Crippen molar-refractivity contribution >= 4 is 21.9 Å². The van der Waals surface area contributed by atoms with Gasteiger partial charge in [0.05, 0.1) is 10.5 Å². The highest BCUT2D eigenvalue weighted by Crippen LogP contribution is 2.25. The first-order valence-corrected chi connectivity index (χ1v) is 10.5. The lowest BCUT2D eigenvalue weighted by Crippen LogP contribution is -2.40. The van der Waals surface area contributed by atoms with Crippen LogP contribution in [0.3, 0.4) is 0 Å². The summed E-state index contributed by atoms with van der Waals surface area (Å²) in [6, 6.07) is 3.96. The fourth-order valence-electron chi connectivity index (χ4n) is 2.86. The van der Waals surface area contributed by atoms with Gasteiger partial charge in [-0.05, 0) is 44.4 Å². The number of carbonyl (C=O) groups is 2. The largest absolute Gasteiger partial charge is 0.449 e. The average Bonchev–Trinajstić information content (AvgIpc) is 2.66. The summed E-state index contributed by atoms with van der Waals surface area (Å²) in [6.45, 7) is 1.97. The molecule has 1 fully saturated rings. The van der Waals surface area contributed by atoms with Crippen molar-refractivity contribution in [3.63, 3.8) is 0 Å². The third-order valence-electron chi connectivity index (χ3n) is 4.47. The van der Waals surface area contributed by atoms with Crippen LogP contribution in [0.15, 0.2) is 23.1 Å². The van der Waals surface area contributed by atoms with Crippen LogP contribution in [0.25, 0.3) is 0 Å². The van der Waals surface area contributed by atoms with E-state index in [0.29, 0.717) is 18.7 Å². The van der Waals surface area contributed by atoms with Crippen molar-refractivity contribution in [3.8, 4) is 0 Å². The Labute approximate surface area is 167 Å². The molecular weight excluding hydrogens is 413 g/mol. The Morgan fingerprint density at radius 2 is 1.83 bits per heavy atom. The van der Waals surface area contributed by atoms with E-state index < -0.39 is 40.7 Å². The number of nitrogens with zero attached hydrogens (tertiary/aromatic N) is 1. The number of aryl methyl sites for hydroxylation is 1. The molecule has 1 aromatic rings. The summed E-state index contributed by atoms with van der Waals surface area (Å²) in [7, 11) is -3.80. The maximum atomic E-state index is 12.9. The van der Waals surface area contributed by atoms with Gasteiger partial charge in [-0.1, -0.05) is 12.5 Å². The fourth-order valence-corrected chi connectivity index (χ4v) is 4.63. The van der Waals surface area contributed by atoms with Gasteiger partial charge in [0, 0.05) is 13.1 Å². The molecule has 1 atom stereocenters. The quantitative estimate of drug-likeness (QED) is 0.692. The Bertz CT molecular complexity index is 865. The highest BCUT2D eigenvalue weighted by molar-refractivity contribution is 7.89. The number of rotatable bonds is 6. The first-order valence-electron chi connectivity index (χ1n) is 9.08. The third kappa shape index (κ3) is 6.17. The standard InChI is InChI=1S/C18H23F3N2O5S/c1-12-6-7-14(10-15(12)29(26,27)23-8-4-3-5-9-23)17(25)28-13(2)16(24)22-11-18(19,20)21/h6-7,10,13H,3-5,8-9,11H2,1-2H3,(H,22,24). The van der Waals surface area contributed by atoms with E-state index in [0.717, 1.165) is 26.2 Å². The second-order valence-corrected chi connectivity index (χ2v) is 8.73. The number of sulfonamides is 1. The number of hydrogen-bond acceptors (Lipinski definition) is 5. The van der Waals surface area contributed by atoms with Crippen LogP contribution in [-0.2, 0) is 19.6 Å². The van der Waals surface area contributed by atoms with E-state index >= 15 is 0 Å². The van der Waals surface area contributed by atoms with Crippen LogP contribution in [0, 0.1) is 6.92 Å². The molecule has 1 heterocycles. The second kappa shape index (κ2) is 9.12. The molecule has 1 amide bonds. The summed E-state index contributed by atoms with van der Waals surface area (Å²) in [5.41, 5.74) is 0.338. The topological polar surface area (TPSA) is 92.8 Å². The van der Waals surface area contributed by atoms with Gasteiger partial charge in [0.1, 0.15) is 6.54 Å². The molecule has 1 saturated heterocycles. The lowest BCUT2D eigenvalue weighted by atomic mass is 10.1. The van der Waals surface area contributed by atoms with E-state index in [1.165, 1.54) is 22.5 Å². The lowest BCUT2D eigenvalue weighted by Gasteiger charge is -2.26. The van der Waals surface area contributed by atoms with Crippen LogP contribution in [-0.4, -0.2) is 56.5 Å². The number of carbonyl (C=O) groups excluding carboxylic acids is 2. The monoisotopic (exact) mass is 436 g/mol. The molecule has 29 heavy (non-hydrogen) atoms. The van der Waals surface area contributed by atoms with Gasteiger partial charge in [0.2, 0.25) is 10.0 Å². The predicted octanol–water partition coefficient (Wildman–Crippen LogP) is 2.39. The van der Waals surface area contributed by atoms with Crippen molar-refractivity contribution in [2.45, 2.75) is 50.3 Å². The second-order valence-electron chi connectivity index (χ2n) is 6.83. The molecule has 1 unspecified atom stereocenters. The smallest absolute Gasteiger partial charge is 0.405 e. The van der Waals surface area contributed by atoms with Crippen molar-refractivity contribution in [2.75, 3.05) is 19.6 Å². The first kappa shape index (κ1) is 23.1. The van der Waals surface area contributed by atoms with Crippen molar-refractivity contribution in [3.05, 3.63) is 29.3 Å². The van der Waals surface area contributed by atoms with Crippen LogP contribution < -0.4 is 5.32 Å². The number of amides is 1. The molecule has 162 valence electrons. The zero-order chi connectivity index (χ0) is 21.8. The summed E-state index contributed by atoms with van der Waals surface area (Å²) in [5, 5.41) is 1.62. The highest BCUT2D eigenvalue weighted by atomic mass is 32.2. The summed E-state index contributed by atoms with van der Waals surface area (Å²) in [5.74, 6) is -2.11. The van der Waals surface area contributed by atoms with E-state index in [4.69, 9.17) is 4.74 Å². The SMILES string of the molecule is Cc1ccc(C(=O)OC(C)C(=O)NCC(F)(F)F)cc1S(=O)(=O)N1CCCCC1. The minimum atomic E-state index is -4.59. The number of benzene rings is 1. The van der Waals surface area contributed by atoms with Crippen molar-refractivity contribution in [2.24, 2.45) is 0 Å². The molecule has 1 N–H and O–H groups in total. The van der Waals surface area contributed by atoms with Crippen molar-refractivity contribution in [1.82, 2.24) is 9.62 Å². The molecule has 0 spiro atoms. The van der Waals surface area contributed by atoms with Crippen molar-refractivity contribution in [1.29, 1.82) is 0 Å². The highest BCUT2D eigenvalue weighted by Gasteiger charge is 2.31. The maximum Gasteiger partial charge on any atom is 0.405 e. The van der Waals surface area contributed by atoms with Gasteiger partial charge in [0.15, 0.2) is 6.10 Å². The van der Waals surface area contributed by atoms with Crippen LogP contribution in [0.4, 0.5) is 13.2 Å². The van der Waals surface area contributed by atoms with Gasteiger partial charge in [-0.3, -0.25) is 4.79 Å². The van der Waals surface area contributed by atoms with Gasteiger partial charge >= 0.3 is 12.1 Å². The third-order valence-corrected chi connectivity index (χ3v) is 6.51. The minimum Gasteiger partial charge on any atom is -0.449 e. The average molecular weight is 436 g/mol. The van der Waals surface area contributed by atoms with Gasteiger partial charge < -0.3 is 10.1 Å². The molecule has 0 aliphatic carbocycles. The maximum absolute atomic E-state index is 12.9. The summed E-state index contributed by atoms with van der Waals surface area (Å²) in [4.78, 5) is 23.9. The van der Waals surface area contributed by atoms with Crippen LogP contribution >= 0.6 is 0 Å². The van der Waals surface area contributed by atoms with E-state index in [9.17, 15) is 31.2 Å². The van der Waals surface area contributed by atoms with Crippen molar-refractivity contribution < 1.29 is 35.9 Å². The van der Waals surface area contributed by atoms with Crippen LogP contribution in [0.1, 0.15) is 42.1 Å². The van der Waals surface area contributed by atoms with Gasteiger partial charge in [-0.25, -0.2) is 13.2 Å². The molecule has 1 aromatic carbocycles. The van der Waals surface area contributed by atoms with Gasteiger partial charge in [-0.2, -0.15) is 17.5 Å². The lowest BCUT2D eigenvalue weighted by molar-refractivity contribution is -0.143. The Morgan fingerprint density at radius 3 is 2.41 bits per heavy atom. The van der Waals surface area contributed by atoms with E-state index in [-0.39, 0.29) is 10.5 Å². The molecule has 1 aliphatic heterocycles. The number of piperidine rings is 1. The minimum absolute atomic E-state index is 0.0389. The summed E-state index contributed by atoms with van der Waals surface area (Å²) in [6.07, 6.45) is -3.61. The zero-order valence-electron chi connectivity index (χ0n) is 16.1. The van der Waals surface area contributed by atoms with Crippen LogP contribution in [0.5, 0.6) is 0 Å². The Kier molecular flexibility index (Phi) is 7.28. The zero-order valence-corrected chi connectivity index (χ0v) is 16.9. The molecule has 2 rings (SSSR count). The normalized spacial score (nSPS) is 16.9. The summed E-state index contributed by atoms with van der Waals surface area (Å²) >= 11 is 0. The Balaban J connectivity index is 2.14. The van der Waals surface area contributed by atoms with E-state index in [2.05, 4.69) is 0 Å². The molecule has 0 saturated carbocycles. The van der Waals surface area contributed by atoms with Gasteiger partial charge in [0.25, 0.3) is 5.91 Å².